The first-order chi connectivity index (χ1) is 7.68. The average Bonchev–Trinajstić information content (AvgIpc) is 2.55. The molecule has 0 amide bonds. The molecule has 0 spiro atoms. The average molecular weight is 256 g/mol. The molecule has 1 aliphatic carbocycles. The minimum Gasteiger partial charge on any atom is -0.392 e. The van der Waals surface area contributed by atoms with Crippen LogP contribution in [0.1, 0.15) is 29.9 Å². The third-order valence-corrected chi connectivity index (χ3v) is 3.47. The number of aliphatic hydroxyl groups is 1. The van der Waals surface area contributed by atoms with Crippen molar-refractivity contribution in [1.29, 1.82) is 0 Å². The SMILES string of the molecule is CN(C)CCC[C@@H]1c2ccccc2C[C@H]1O.Cl. The van der Waals surface area contributed by atoms with E-state index < -0.39 is 0 Å². The Morgan fingerprint density at radius 2 is 2.00 bits per heavy atom. The number of halogens is 1. The molecule has 2 atom stereocenters. The number of hydrogen-bond acceptors (Lipinski definition) is 2. The maximum atomic E-state index is 10.1. The second-order valence-corrected chi connectivity index (χ2v) is 5.02. The Bertz CT molecular complexity index is 354. The smallest absolute Gasteiger partial charge is 0.0649 e. The number of aliphatic hydroxyl groups excluding tert-OH is 1. The van der Waals surface area contributed by atoms with E-state index in [1.54, 1.807) is 0 Å². The molecule has 2 rings (SSSR count). The van der Waals surface area contributed by atoms with E-state index in [1.807, 2.05) is 0 Å². The van der Waals surface area contributed by atoms with Gasteiger partial charge in [0.25, 0.3) is 0 Å². The molecule has 0 bridgehead atoms. The van der Waals surface area contributed by atoms with Crippen LogP contribution < -0.4 is 0 Å². The highest BCUT2D eigenvalue weighted by molar-refractivity contribution is 5.85. The van der Waals surface area contributed by atoms with Crippen LogP contribution in [0.5, 0.6) is 0 Å². The summed E-state index contributed by atoms with van der Waals surface area (Å²) in [6.07, 6.45) is 2.92. The Morgan fingerprint density at radius 3 is 2.71 bits per heavy atom. The number of fused-ring (bicyclic) bond motifs is 1. The second-order valence-electron chi connectivity index (χ2n) is 5.02. The van der Waals surface area contributed by atoms with E-state index in [2.05, 4.69) is 43.3 Å². The third kappa shape index (κ3) is 3.44. The molecule has 0 saturated carbocycles. The number of nitrogens with zero attached hydrogens (tertiary/aromatic N) is 1. The largest absolute Gasteiger partial charge is 0.392 e. The van der Waals surface area contributed by atoms with Gasteiger partial charge in [-0.05, 0) is 51.0 Å². The molecule has 0 heterocycles. The van der Waals surface area contributed by atoms with Crippen LogP contribution in [-0.2, 0) is 6.42 Å². The fraction of sp³-hybridized carbons (Fsp3) is 0.571. The quantitative estimate of drug-likeness (QED) is 0.894. The van der Waals surface area contributed by atoms with Crippen molar-refractivity contribution >= 4 is 12.4 Å². The lowest BCUT2D eigenvalue weighted by atomic mass is 9.94. The summed E-state index contributed by atoms with van der Waals surface area (Å²) in [5, 5.41) is 10.1. The Balaban J connectivity index is 0.00000144. The van der Waals surface area contributed by atoms with Gasteiger partial charge in [-0.1, -0.05) is 24.3 Å². The third-order valence-electron chi connectivity index (χ3n) is 3.47. The van der Waals surface area contributed by atoms with E-state index in [-0.39, 0.29) is 18.5 Å². The van der Waals surface area contributed by atoms with E-state index in [0.29, 0.717) is 5.92 Å². The summed E-state index contributed by atoms with van der Waals surface area (Å²) in [4.78, 5) is 2.20. The zero-order valence-electron chi connectivity index (χ0n) is 10.6. The van der Waals surface area contributed by atoms with Gasteiger partial charge in [-0.2, -0.15) is 0 Å². The van der Waals surface area contributed by atoms with E-state index >= 15 is 0 Å². The summed E-state index contributed by atoms with van der Waals surface area (Å²) < 4.78 is 0. The van der Waals surface area contributed by atoms with Crippen molar-refractivity contribution in [3.8, 4) is 0 Å². The number of benzene rings is 1. The second kappa shape index (κ2) is 6.39. The summed E-state index contributed by atoms with van der Waals surface area (Å²) in [7, 11) is 4.19. The lowest BCUT2D eigenvalue weighted by Gasteiger charge is -2.17. The summed E-state index contributed by atoms with van der Waals surface area (Å²) in [5.74, 6) is 0.358. The van der Waals surface area contributed by atoms with E-state index in [1.165, 1.54) is 11.1 Å². The Morgan fingerprint density at radius 1 is 1.29 bits per heavy atom. The minimum atomic E-state index is -0.167. The van der Waals surface area contributed by atoms with Crippen molar-refractivity contribution in [2.45, 2.75) is 31.3 Å². The van der Waals surface area contributed by atoms with Crippen LogP contribution in [-0.4, -0.2) is 36.8 Å². The minimum absolute atomic E-state index is 0. The molecule has 1 N–H and O–H groups in total. The highest BCUT2D eigenvalue weighted by Gasteiger charge is 2.29. The first-order valence-corrected chi connectivity index (χ1v) is 6.09. The molecule has 1 aliphatic rings. The van der Waals surface area contributed by atoms with Crippen molar-refractivity contribution in [2.75, 3.05) is 20.6 Å². The predicted octanol–water partition coefficient (Wildman–Crippen LogP) is 2.45. The fourth-order valence-corrected chi connectivity index (χ4v) is 2.63. The summed E-state index contributed by atoms with van der Waals surface area (Å²) in [5.41, 5.74) is 2.71. The molecule has 3 heteroatoms. The molecule has 96 valence electrons. The normalized spacial score (nSPS) is 22.4. The molecular weight excluding hydrogens is 234 g/mol. The lowest BCUT2D eigenvalue weighted by Crippen LogP contribution is -2.17. The molecule has 0 aromatic heterocycles. The van der Waals surface area contributed by atoms with Crippen LogP contribution >= 0.6 is 12.4 Å². The lowest BCUT2D eigenvalue weighted by molar-refractivity contribution is 0.150. The predicted molar refractivity (Wildman–Crippen MR) is 73.9 cm³/mol. The summed E-state index contributed by atoms with van der Waals surface area (Å²) >= 11 is 0. The highest BCUT2D eigenvalue weighted by Crippen LogP contribution is 2.36. The van der Waals surface area contributed by atoms with Crippen molar-refractivity contribution in [3.63, 3.8) is 0 Å². The topological polar surface area (TPSA) is 23.5 Å². The van der Waals surface area contributed by atoms with Crippen molar-refractivity contribution in [3.05, 3.63) is 35.4 Å². The Labute approximate surface area is 110 Å². The fourth-order valence-electron chi connectivity index (χ4n) is 2.63. The van der Waals surface area contributed by atoms with E-state index in [9.17, 15) is 5.11 Å². The molecule has 0 aliphatic heterocycles. The zero-order chi connectivity index (χ0) is 11.5. The standard InChI is InChI=1S/C14H21NO.ClH/c1-15(2)9-5-8-13-12-7-4-3-6-11(12)10-14(13)16;/h3-4,6-7,13-14,16H,5,8-10H2,1-2H3;1H/t13-,14-;/m1./s1. The van der Waals surface area contributed by atoms with Crippen LogP contribution in [0.25, 0.3) is 0 Å². The first kappa shape index (κ1) is 14.5. The van der Waals surface area contributed by atoms with Crippen LogP contribution in [0, 0.1) is 0 Å². The summed E-state index contributed by atoms with van der Waals surface area (Å²) in [6, 6.07) is 8.46. The van der Waals surface area contributed by atoms with Crippen LogP contribution in [0.2, 0.25) is 0 Å². The maximum absolute atomic E-state index is 10.1. The van der Waals surface area contributed by atoms with Crippen molar-refractivity contribution in [2.24, 2.45) is 0 Å². The zero-order valence-corrected chi connectivity index (χ0v) is 11.4. The summed E-state index contributed by atoms with van der Waals surface area (Å²) in [6.45, 7) is 1.10. The highest BCUT2D eigenvalue weighted by atomic mass is 35.5. The first-order valence-electron chi connectivity index (χ1n) is 6.09. The Kier molecular flexibility index (Phi) is 5.44. The van der Waals surface area contributed by atoms with Crippen molar-refractivity contribution < 1.29 is 5.11 Å². The van der Waals surface area contributed by atoms with Crippen LogP contribution in [0.4, 0.5) is 0 Å². The molecule has 0 radical (unpaired) electrons. The molecule has 17 heavy (non-hydrogen) atoms. The van der Waals surface area contributed by atoms with Gasteiger partial charge in [0.15, 0.2) is 0 Å². The molecule has 0 saturated heterocycles. The molecule has 1 aromatic carbocycles. The Hall–Kier alpha value is -0.570. The van der Waals surface area contributed by atoms with Gasteiger partial charge in [0.1, 0.15) is 0 Å². The monoisotopic (exact) mass is 255 g/mol. The van der Waals surface area contributed by atoms with Gasteiger partial charge in [0.2, 0.25) is 0 Å². The van der Waals surface area contributed by atoms with Gasteiger partial charge in [0, 0.05) is 5.92 Å². The van der Waals surface area contributed by atoms with Gasteiger partial charge in [-0.15, -0.1) is 12.4 Å². The maximum Gasteiger partial charge on any atom is 0.0649 e. The molecular formula is C14H22ClNO. The molecule has 0 unspecified atom stereocenters. The van der Waals surface area contributed by atoms with Crippen LogP contribution in [0.15, 0.2) is 24.3 Å². The molecule has 0 fully saturated rings. The van der Waals surface area contributed by atoms with Gasteiger partial charge in [-0.25, -0.2) is 0 Å². The molecule has 2 nitrogen and oxygen atoms in total. The molecule has 1 aromatic rings. The van der Waals surface area contributed by atoms with Crippen molar-refractivity contribution in [1.82, 2.24) is 4.90 Å². The number of rotatable bonds is 4. The number of hydrogen-bond donors (Lipinski definition) is 1. The van der Waals surface area contributed by atoms with Gasteiger partial charge in [-0.3, -0.25) is 0 Å². The van der Waals surface area contributed by atoms with E-state index in [4.69, 9.17) is 0 Å². The van der Waals surface area contributed by atoms with Crippen LogP contribution in [0.3, 0.4) is 0 Å². The van der Waals surface area contributed by atoms with Gasteiger partial charge >= 0.3 is 0 Å². The van der Waals surface area contributed by atoms with E-state index in [0.717, 1.165) is 25.8 Å². The van der Waals surface area contributed by atoms with Gasteiger partial charge < -0.3 is 10.0 Å². The van der Waals surface area contributed by atoms with Gasteiger partial charge in [0.05, 0.1) is 6.10 Å².